The molecule has 21 heavy (non-hydrogen) atoms. The first kappa shape index (κ1) is 13.1. The van der Waals surface area contributed by atoms with Crippen molar-refractivity contribution in [2.24, 2.45) is 0 Å². The highest BCUT2D eigenvalue weighted by molar-refractivity contribution is 5.92. The number of carbonyl (C=O) groups excluding carboxylic acids is 1. The van der Waals surface area contributed by atoms with Gasteiger partial charge in [-0.2, -0.15) is 0 Å². The summed E-state index contributed by atoms with van der Waals surface area (Å²) in [6.07, 6.45) is 0. The maximum Gasteiger partial charge on any atom is 0.287 e. The quantitative estimate of drug-likeness (QED) is 0.765. The second-order valence-electron chi connectivity index (χ2n) is 4.52. The Labute approximate surface area is 120 Å². The van der Waals surface area contributed by atoms with E-state index in [4.69, 9.17) is 0 Å². The lowest BCUT2D eigenvalue weighted by molar-refractivity contribution is 0.0940. The van der Waals surface area contributed by atoms with Crippen molar-refractivity contribution >= 4 is 16.8 Å². The van der Waals surface area contributed by atoms with Crippen LogP contribution in [-0.4, -0.2) is 15.9 Å². The van der Waals surface area contributed by atoms with Gasteiger partial charge < -0.3 is 10.3 Å². The Bertz CT molecular complexity index is 841. The van der Waals surface area contributed by atoms with Crippen molar-refractivity contribution in [3.63, 3.8) is 0 Å². The predicted molar refractivity (Wildman–Crippen MR) is 78.8 cm³/mol. The number of nitrogens with zero attached hydrogens (tertiary/aromatic N) is 1. The Morgan fingerprint density at radius 1 is 1.19 bits per heavy atom. The first-order valence-electron chi connectivity index (χ1n) is 6.46. The normalized spacial score (nSPS) is 10.5. The Balaban J connectivity index is 1.83. The topological polar surface area (TPSA) is 74.8 Å². The fraction of sp³-hybridized carbons (Fsp3) is 0.0625. The van der Waals surface area contributed by atoms with E-state index in [1.807, 2.05) is 12.1 Å². The van der Waals surface area contributed by atoms with Crippen LogP contribution in [0.2, 0.25) is 0 Å². The molecule has 0 fully saturated rings. The lowest BCUT2D eigenvalue weighted by Gasteiger charge is -2.05. The number of aromatic nitrogens is 2. The molecule has 2 N–H and O–H groups in total. The molecule has 1 amide bonds. The lowest BCUT2D eigenvalue weighted by atomic mass is 10.2. The van der Waals surface area contributed by atoms with E-state index in [0.717, 1.165) is 5.56 Å². The number of rotatable bonds is 3. The van der Waals surface area contributed by atoms with E-state index in [2.05, 4.69) is 21.4 Å². The summed E-state index contributed by atoms with van der Waals surface area (Å²) in [4.78, 5) is 30.6. The van der Waals surface area contributed by atoms with Crippen LogP contribution < -0.4 is 10.9 Å². The Morgan fingerprint density at radius 3 is 2.76 bits per heavy atom. The minimum Gasteiger partial charge on any atom is -0.345 e. The molecule has 0 bridgehead atoms. The smallest absolute Gasteiger partial charge is 0.287 e. The first-order chi connectivity index (χ1) is 10.2. The number of fused-ring (bicyclic) bond motifs is 1. The summed E-state index contributed by atoms with van der Waals surface area (Å²) in [6.45, 7) is 0.365. The molecule has 0 atom stereocenters. The third kappa shape index (κ3) is 2.81. The van der Waals surface area contributed by atoms with Crippen molar-refractivity contribution in [1.29, 1.82) is 0 Å². The summed E-state index contributed by atoms with van der Waals surface area (Å²) in [6, 6.07) is 17.1. The Kier molecular flexibility index (Phi) is 3.47. The van der Waals surface area contributed by atoms with Crippen LogP contribution in [0.15, 0.2) is 53.3 Å². The van der Waals surface area contributed by atoms with Gasteiger partial charge in [0.05, 0.1) is 10.9 Å². The van der Waals surface area contributed by atoms with E-state index in [9.17, 15) is 9.59 Å². The second-order valence-corrected chi connectivity index (χ2v) is 4.52. The minimum absolute atomic E-state index is 0.0150. The first-order valence-corrected chi connectivity index (χ1v) is 6.46. The van der Waals surface area contributed by atoms with Crippen LogP contribution in [0.3, 0.4) is 0 Å². The van der Waals surface area contributed by atoms with Crippen molar-refractivity contribution in [1.82, 2.24) is 15.3 Å². The summed E-state index contributed by atoms with van der Waals surface area (Å²) < 4.78 is 0. The van der Waals surface area contributed by atoms with Gasteiger partial charge in [-0.25, -0.2) is 4.98 Å². The Morgan fingerprint density at radius 2 is 1.95 bits per heavy atom. The van der Waals surface area contributed by atoms with Crippen LogP contribution in [-0.2, 0) is 6.54 Å². The molecule has 3 rings (SSSR count). The molecule has 1 heterocycles. The molecular formula is C16H12N3O2. The molecule has 5 nitrogen and oxygen atoms in total. The summed E-state index contributed by atoms with van der Waals surface area (Å²) in [5, 5.41) is 3.19. The maximum absolute atomic E-state index is 12.1. The van der Waals surface area contributed by atoms with Crippen LogP contribution in [0.25, 0.3) is 10.9 Å². The molecule has 0 aliphatic carbocycles. The number of benzene rings is 2. The van der Waals surface area contributed by atoms with Gasteiger partial charge in [0.1, 0.15) is 0 Å². The number of carbonyl (C=O) groups is 1. The average Bonchev–Trinajstić information content (AvgIpc) is 2.53. The van der Waals surface area contributed by atoms with E-state index >= 15 is 0 Å². The molecular weight excluding hydrogens is 266 g/mol. The summed E-state index contributed by atoms with van der Waals surface area (Å²) in [7, 11) is 0. The van der Waals surface area contributed by atoms with Gasteiger partial charge >= 0.3 is 0 Å². The number of nitrogens with one attached hydrogen (secondary N) is 2. The monoisotopic (exact) mass is 278 g/mol. The molecule has 5 heteroatoms. The van der Waals surface area contributed by atoms with Gasteiger partial charge in [0.2, 0.25) is 0 Å². The molecule has 0 spiro atoms. The zero-order valence-corrected chi connectivity index (χ0v) is 11.1. The van der Waals surface area contributed by atoms with Crippen molar-refractivity contribution in [3.8, 4) is 0 Å². The molecule has 0 saturated heterocycles. The van der Waals surface area contributed by atoms with E-state index in [1.54, 1.807) is 36.4 Å². The molecule has 0 aliphatic rings. The van der Waals surface area contributed by atoms with Gasteiger partial charge in [-0.05, 0) is 23.8 Å². The van der Waals surface area contributed by atoms with Gasteiger partial charge in [-0.15, -0.1) is 0 Å². The van der Waals surface area contributed by atoms with Crippen LogP contribution in [0.5, 0.6) is 0 Å². The highest BCUT2D eigenvalue weighted by atomic mass is 16.2. The van der Waals surface area contributed by atoms with Crippen molar-refractivity contribution in [2.75, 3.05) is 0 Å². The molecule has 2 aromatic carbocycles. The zero-order chi connectivity index (χ0) is 14.7. The van der Waals surface area contributed by atoms with Crippen LogP contribution in [0.1, 0.15) is 16.2 Å². The van der Waals surface area contributed by atoms with Crippen LogP contribution in [0.4, 0.5) is 0 Å². The predicted octanol–water partition coefficient (Wildman–Crippen LogP) is 1.65. The van der Waals surface area contributed by atoms with E-state index < -0.39 is 5.91 Å². The SMILES string of the molecule is O=C(NCc1cc[c]cc1)c1nc2ccccc2c(=O)[nH]1. The molecule has 3 aromatic rings. The maximum atomic E-state index is 12.1. The van der Waals surface area contributed by atoms with Crippen LogP contribution in [0, 0.1) is 6.07 Å². The zero-order valence-electron chi connectivity index (χ0n) is 11.1. The standard InChI is InChI=1S/C16H12N3O2/c20-15-12-8-4-5-9-13(12)18-14(19-15)16(21)17-10-11-6-2-1-3-7-11/h2-9H,10H2,(H,17,21)(H,18,19,20). The molecule has 0 aliphatic heterocycles. The molecule has 0 saturated carbocycles. The van der Waals surface area contributed by atoms with Crippen molar-refractivity contribution < 1.29 is 4.79 Å². The lowest BCUT2D eigenvalue weighted by Crippen LogP contribution is -2.27. The third-order valence-corrected chi connectivity index (χ3v) is 3.07. The van der Waals surface area contributed by atoms with E-state index in [0.29, 0.717) is 17.4 Å². The number of amides is 1. The summed E-state index contributed by atoms with van der Waals surface area (Å²) >= 11 is 0. The van der Waals surface area contributed by atoms with Gasteiger partial charge in [-0.1, -0.05) is 36.4 Å². The fourth-order valence-corrected chi connectivity index (χ4v) is 2.00. The second kappa shape index (κ2) is 5.58. The highest BCUT2D eigenvalue weighted by Crippen LogP contribution is 2.05. The van der Waals surface area contributed by atoms with E-state index in [1.165, 1.54) is 0 Å². The van der Waals surface area contributed by atoms with Crippen molar-refractivity contribution in [3.05, 3.63) is 76.3 Å². The van der Waals surface area contributed by atoms with Crippen molar-refractivity contribution in [2.45, 2.75) is 6.54 Å². The molecule has 1 aromatic heterocycles. The average molecular weight is 278 g/mol. The minimum atomic E-state index is -0.411. The number of H-pyrrole nitrogens is 1. The highest BCUT2D eigenvalue weighted by Gasteiger charge is 2.10. The number of para-hydroxylation sites is 1. The van der Waals surface area contributed by atoms with Gasteiger partial charge in [0.25, 0.3) is 11.5 Å². The molecule has 1 radical (unpaired) electrons. The number of aromatic amines is 1. The largest absolute Gasteiger partial charge is 0.345 e. The molecule has 103 valence electrons. The number of hydrogen-bond acceptors (Lipinski definition) is 3. The van der Waals surface area contributed by atoms with E-state index in [-0.39, 0.29) is 11.4 Å². The summed E-state index contributed by atoms with van der Waals surface area (Å²) in [5.41, 5.74) is 1.13. The number of hydrogen-bond donors (Lipinski definition) is 2. The Hall–Kier alpha value is -2.95. The van der Waals surface area contributed by atoms with Gasteiger partial charge in [-0.3, -0.25) is 9.59 Å². The van der Waals surface area contributed by atoms with Gasteiger partial charge in [0.15, 0.2) is 5.82 Å². The third-order valence-electron chi connectivity index (χ3n) is 3.07. The van der Waals surface area contributed by atoms with Gasteiger partial charge in [0, 0.05) is 6.54 Å². The van der Waals surface area contributed by atoms with Crippen LogP contribution >= 0.6 is 0 Å². The summed E-state index contributed by atoms with van der Waals surface area (Å²) in [5.74, 6) is -0.396. The fourth-order valence-electron chi connectivity index (χ4n) is 2.00. The molecule has 0 unspecified atom stereocenters.